The van der Waals surface area contributed by atoms with E-state index in [-0.39, 0.29) is 23.0 Å². The van der Waals surface area contributed by atoms with Crippen molar-refractivity contribution in [3.05, 3.63) is 59.3 Å². The number of phenols is 1. The standard InChI is InChI=1S/C24H23F2NO5/c1-13-20(21(23(30)31)14-4-2-3-5-14)18-12-16(28)8-11-19(18)27(13)22(29)15-6-9-17(10-7-15)32-24(25)26/h6-12,14,21,24,28H,2-5H2,1H3,(H,30,31). The Morgan fingerprint density at radius 2 is 1.75 bits per heavy atom. The van der Waals surface area contributed by atoms with Crippen LogP contribution >= 0.6 is 0 Å². The summed E-state index contributed by atoms with van der Waals surface area (Å²) in [5.74, 6) is -2.31. The van der Waals surface area contributed by atoms with Crippen LogP contribution in [0.5, 0.6) is 11.5 Å². The van der Waals surface area contributed by atoms with E-state index in [9.17, 15) is 28.6 Å². The Labute approximate surface area is 183 Å². The van der Waals surface area contributed by atoms with E-state index in [4.69, 9.17) is 0 Å². The van der Waals surface area contributed by atoms with Crippen molar-refractivity contribution in [2.75, 3.05) is 0 Å². The third-order valence-electron chi connectivity index (χ3n) is 6.21. The molecule has 168 valence electrons. The Morgan fingerprint density at radius 1 is 1.09 bits per heavy atom. The van der Waals surface area contributed by atoms with Crippen LogP contribution in [0.15, 0.2) is 42.5 Å². The summed E-state index contributed by atoms with van der Waals surface area (Å²) in [6.07, 6.45) is 3.51. The lowest BCUT2D eigenvalue weighted by Gasteiger charge is -2.20. The number of carboxylic acid groups (broad SMARTS) is 1. The fraction of sp³-hybridized carbons (Fsp3) is 0.333. The highest BCUT2D eigenvalue weighted by molar-refractivity contribution is 6.05. The molecule has 0 spiro atoms. The average Bonchev–Trinajstić information content (AvgIpc) is 3.35. The minimum Gasteiger partial charge on any atom is -0.508 e. The summed E-state index contributed by atoms with van der Waals surface area (Å²) in [5.41, 5.74) is 1.74. The zero-order valence-electron chi connectivity index (χ0n) is 17.4. The van der Waals surface area contributed by atoms with Gasteiger partial charge in [-0.1, -0.05) is 12.8 Å². The summed E-state index contributed by atoms with van der Waals surface area (Å²) in [5, 5.41) is 20.7. The number of carboxylic acids is 1. The number of aliphatic carboxylic acids is 1. The zero-order chi connectivity index (χ0) is 23.0. The molecule has 32 heavy (non-hydrogen) atoms. The third kappa shape index (κ3) is 3.92. The van der Waals surface area contributed by atoms with Gasteiger partial charge in [0.25, 0.3) is 5.91 Å². The van der Waals surface area contributed by atoms with E-state index in [2.05, 4.69) is 4.74 Å². The summed E-state index contributed by atoms with van der Waals surface area (Å²) in [4.78, 5) is 25.7. The maximum absolute atomic E-state index is 13.4. The van der Waals surface area contributed by atoms with Crippen molar-refractivity contribution >= 4 is 22.8 Å². The van der Waals surface area contributed by atoms with Crippen LogP contribution in [-0.4, -0.2) is 33.3 Å². The number of hydrogen-bond donors (Lipinski definition) is 2. The lowest BCUT2D eigenvalue weighted by molar-refractivity contribution is -0.140. The molecule has 0 amide bonds. The molecule has 0 saturated heterocycles. The number of aromatic nitrogens is 1. The number of phenolic OH excluding ortho intramolecular Hbond substituents is 1. The van der Waals surface area contributed by atoms with Crippen LogP contribution in [-0.2, 0) is 4.79 Å². The number of fused-ring (bicyclic) bond motifs is 1. The second kappa shape index (κ2) is 8.61. The van der Waals surface area contributed by atoms with Crippen molar-refractivity contribution in [2.45, 2.75) is 45.1 Å². The molecule has 2 N–H and O–H groups in total. The molecule has 1 heterocycles. The van der Waals surface area contributed by atoms with Crippen molar-refractivity contribution in [3.63, 3.8) is 0 Å². The Balaban J connectivity index is 1.84. The maximum atomic E-state index is 13.4. The van der Waals surface area contributed by atoms with Crippen molar-refractivity contribution in [1.82, 2.24) is 4.57 Å². The predicted octanol–water partition coefficient (Wildman–Crippen LogP) is 5.30. The molecule has 0 aliphatic heterocycles. The van der Waals surface area contributed by atoms with Gasteiger partial charge in [-0.2, -0.15) is 8.78 Å². The molecule has 1 aromatic heterocycles. The summed E-state index contributed by atoms with van der Waals surface area (Å²) < 4.78 is 30.6. The molecule has 8 heteroatoms. The summed E-state index contributed by atoms with van der Waals surface area (Å²) >= 11 is 0. The molecule has 1 aliphatic carbocycles. The lowest BCUT2D eigenvalue weighted by atomic mass is 9.83. The highest BCUT2D eigenvalue weighted by atomic mass is 19.3. The molecular weight excluding hydrogens is 420 g/mol. The SMILES string of the molecule is Cc1c(C(C(=O)O)C2CCCC2)c2cc(O)ccc2n1C(=O)c1ccc(OC(F)F)cc1. The van der Waals surface area contributed by atoms with Gasteiger partial charge in [0.15, 0.2) is 0 Å². The monoisotopic (exact) mass is 443 g/mol. The van der Waals surface area contributed by atoms with Gasteiger partial charge in [0.05, 0.1) is 11.4 Å². The molecule has 2 aromatic carbocycles. The highest BCUT2D eigenvalue weighted by Crippen LogP contribution is 2.43. The van der Waals surface area contributed by atoms with Crippen LogP contribution in [0.25, 0.3) is 10.9 Å². The molecular formula is C24H23F2NO5. The molecule has 4 rings (SSSR count). The van der Waals surface area contributed by atoms with Crippen molar-refractivity contribution in [2.24, 2.45) is 5.92 Å². The second-order valence-corrected chi connectivity index (χ2v) is 8.10. The van der Waals surface area contributed by atoms with Crippen molar-refractivity contribution in [3.8, 4) is 11.5 Å². The minimum atomic E-state index is -2.97. The first-order valence-corrected chi connectivity index (χ1v) is 10.4. The predicted molar refractivity (Wildman–Crippen MR) is 113 cm³/mol. The number of alkyl halides is 2. The average molecular weight is 443 g/mol. The van der Waals surface area contributed by atoms with Gasteiger partial charge in [0.2, 0.25) is 0 Å². The summed E-state index contributed by atoms with van der Waals surface area (Å²) in [7, 11) is 0. The number of benzene rings is 2. The molecule has 1 aliphatic rings. The smallest absolute Gasteiger partial charge is 0.387 e. The molecule has 1 saturated carbocycles. The fourth-order valence-electron chi connectivity index (χ4n) is 4.84. The maximum Gasteiger partial charge on any atom is 0.387 e. The highest BCUT2D eigenvalue weighted by Gasteiger charge is 2.36. The number of halogens is 2. The number of carbonyl (C=O) groups is 2. The van der Waals surface area contributed by atoms with E-state index in [0.29, 0.717) is 22.2 Å². The van der Waals surface area contributed by atoms with E-state index in [1.165, 1.54) is 41.0 Å². The zero-order valence-corrected chi connectivity index (χ0v) is 17.4. The molecule has 6 nitrogen and oxygen atoms in total. The van der Waals surface area contributed by atoms with E-state index < -0.39 is 24.4 Å². The molecule has 1 atom stereocenters. The van der Waals surface area contributed by atoms with Crippen LogP contribution in [0.1, 0.15) is 53.2 Å². The van der Waals surface area contributed by atoms with Crippen molar-refractivity contribution < 1.29 is 33.3 Å². The van der Waals surface area contributed by atoms with E-state index in [1.54, 1.807) is 13.0 Å². The molecule has 0 bridgehead atoms. The number of carbonyl (C=O) groups excluding carboxylic acids is 1. The van der Waals surface area contributed by atoms with Gasteiger partial charge in [0.1, 0.15) is 11.5 Å². The van der Waals surface area contributed by atoms with Crippen LogP contribution in [0.3, 0.4) is 0 Å². The Morgan fingerprint density at radius 3 is 2.34 bits per heavy atom. The fourth-order valence-corrected chi connectivity index (χ4v) is 4.84. The number of ether oxygens (including phenoxy) is 1. The van der Waals surface area contributed by atoms with E-state index in [1.807, 2.05) is 0 Å². The van der Waals surface area contributed by atoms with Gasteiger partial charge in [0, 0.05) is 16.6 Å². The van der Waals surface area contributed by atoms with E-state index >= 15 is 0 Å². The van der Waals surface area contributed by atoms with Gasteiger partial charge in [-0.05, 0) is 73.7 Å². The Bertz CT molecular complexity index is 1160. The van der Waals surface area contributed by atoms with Crippen LogP contribution in [0.2, 0.25) is 0 Å². The largest absolute Gasteiger partial charge is 0.508 e. The normalized spacial score (nSPS) is 15.4. The van der Waals surface area contributed by atoms with Crippen LogP contribution in [0, 0.1) is 12.8 Å². The minimum absolute atomic E-state index is 0.0209. The first kappa shape index (κ1) is 21.8. The van der Waals surface area contributed by atoms with Gasteiger partial charge in [-0.25, -0.2) is 0 Å². The quantitative estimate of drug-likeness (QED) is 0.539. The van der Waals surface area contributed by atoms with Gasteiger partial charge < -0.3 is 14.9 Å². The Hall–Kier alpha value is -3.42. The van der Waals surface area contributed by atoms with Crippen LogP contribution < -0.4 is 4.74 Å². The number of rotatable bonds is 6. The molecule has 3 aromatic rings. The molecule has 1 fully saturated rings. The topological polar surface area (TPSA) is 88.8 Å². The van der Waals surface area contributed by atoms with Gasteiger partial charge in [-0.15, -0.1) is 0 Å². The third-order valence-corrected chi connectivity index (χ3v) is 6.21. The number of hydrogen-bond acceptors (Lipinski definition) is 4. The lowest BCUT2D eigenvalue weighted by Crippen LogP contribution is -2.21. The number of nitrogens with zero attached hydrogens (tertiary/aromatic N) is 1. The molecule has 1 unspecified atom stereocenters. The first-order valence-electron chi connectivity index (χ1n) is 10.4. The summed E-state index contributed by atoms with van der Waals surface area (Å²) in [6.45, 7) is -1.27. The summed E-state index contributed by atoms with van der Waals surface area (Å²) in [6, 6.07) is 9.86. The Kier molecular flexibility index (Phi) is 5.86. The van der Waals surface area contributed by atoms with Crippen LogP contribution in [0.4, 0.5) is 8.78 Å². The molecule has 0 radical (unpaired) electrons. The van der Waals surface area contributed by atoms with Gasteiger partial charge in [-0.3, -0.25) is 14.2 Å². The van der Waals surface area contributed by atoms with E-state index in [0.717, 1.165) is 25.7 Å². The van der Waals surface area contributed by atoms with Gasteiger partial charge >= 0.3 is 12.6 Å². The van der Waals surface area contributed by atoms with Crippen molar-refractivity contribution in [1.29, 1.82) is 0 Å². The second-order valence-electron chi connectivity index (χ2n) is 8.10. The number of aromatic hydroxyl groups is 1. The first-order chi connectivity index (χ1) is 15.3.